The Balaban J connectivity index is 2.44. The van der Waals surface area contributed by atoms with E-state index in [4.69, 9.17) is 4.74 Å². The second kappa shape index (κ2) is 4.04. The molecule has 15 heavy (non-hydrogen) atoms. The number of pyridine rings is 2. The minimum absolute atomic E-state index is 0.317. The van der Waals surface area contributed by atoms with Gasteiger partial charge in [-0.25, -0.2) is 4.39 Å². The van der Waals surface area contributed by atoms with Crippen molar-refractivity contribution in [3.63, 3.8) is 0 Å². The Bertz CT molecular complexity index is 474. The van der Waals surface area contributed by atoms with Crippen molar-refractivity contribution in [2.45, 2.75) is 0 Å². The molecule has 76 valence electrons. The molecule has 0 aliphatic rings. The quantitative estimate of drug-likeness (QED) is 0.752. The summed E-state index contributed by atoms with van der Waals surface area (Å²) >= 11 is 0. The second-order valence-corrected chi connectivity index (χ2v) is 2.97. The molecule has 2 heterocycles. The lowest BCUT2D eigenvalue weighted by Gasteiger charge is -2.02. The van der Waals surface area contributed by atoms with Gasteiger partial charge in [-0.2, -0.15) is 0 Å². The molecule has 0 N–H and O–H groups in total. The fourth-order valence-corrected chi connectivity index (χ4v) is 1.23. The van der Waals surface area contributed by atoms with Gasteiger partial charge < -0.3 is 4.74 Å². The van der Waals surface area contributed by atoms with Crippen LogP contribution in [0.15, 0.2) is 36.8 Å². The molecule has 2 aromatic heterocycles. The lowest BCUT2D eigenvalue weighted by atomic mass is 10.2. The van der Waals surface area contributed by atoms with Crippen molar-refractivity contribution >= 4 is 0 Å². The van der Waals surface area contributed by atoms with Gasteiger partial charge in [-0.15, -0.1) is 0 Å². The van der Waals surface area contributed by atoms with Gasteiger partial charge in [0, 0.05) is 24.0 Å². The van der Waals surface area contributed by atoms with Crippen LogP contribution in [-0.4, -0.2) is 17.1 Å². The molecule has 2 aromatic rings. The van der Waals surface area contributed by atoms with Crippen molar-refractivity contribution in [1.82, 2.24) is 9.97 Å². The summed E-state index contributed by atoms with van der Waals surface area (Å²) in [6, 6.07) is 4.42. The fraction of sp³-hybridized carbons (Fsp3) is 0.0909. The highest BCUT2D eigenvalue weighted by Gasteiger charge is 2.02. The van der Waals surface area contributed by atoms with Crippen LogP contribution in [0.1, 0.15) is 0 Å². The molecule has 0 bridgehead atoms. The van der Waals surface area contributed by atoms with Crippen molar-refractivity contribution in [2.24, 2.45) is 0 Å². The number of aromatic nitrogens is 2. The summed E-state index contributed by atoms with van der Waals surface area (Å²) < 4.78 is 18.0. The van der Waals surface area contributed by atoms with Gasteiger partial charge in [0.05, 0.1) is 19.0 Å². The number of rotatable bonds is 2. The van der Waals surface area contributed by atoms with Crippen LogP contribution < -0.4 is 4.74 Å². The third-order valence-corrected chi connectivity index (χ3v) is 1.97. The average Bonchev–Trinajstić information content (AvgIpc) is 2.29. The molecule has 2 rings (SSSR count). The van der Waals surface area contributed by atoms with E-state index in [0.717, 1.165) is 5.56 Å². The van der Waals surface area contributed by atoms with Crippen molar-refractivity contribution < 1.29 is 9.13 Å². The van der Waals surface area contributed by atoms with Crippen molar-refractivity contribution in [3.05, 3.63) is 42.6 Å². The van der Waals surface area contributed by atoms with Gasteiger partial charge >= 0.3 is 0 Å². The van der Waals surface area contributed by atoms with Crippen molar-refractivity contribution in [2.75, 3.05) is 7.11 Å². The molecular weight excluding hydrogens is 195 g/mol. The largest absolute Gasteiger partial charge is 0.495 e. The highest BCUT2D eigenvalue weighted by atomic mass is 19.1. The maximum Gasteiger partial charge on any atom is 0.137 e. The van der Waals surface area contributed by atoms with E-state index >= 15 is 0 Å². The zero-order chi connectivity index (χ0) is 10.7. The Labute approximate surface area is 86.6 Å². The molecular formula is C11H9FN2O. The second-order valence-electron chi connectivity index (χ2n) is 2.97. The summed E-state index contributed by atoms with van der Waals surface area (Å²) in [5.41, 5.74) is 1.27. The monoisotopic (exact) mass is 204 g/mol. The number of methoxy groups -OCH3 is 1. The normalized spacial score (nSPS) is 10.0. The first kappa shape index (κ1) is 9.58. The van der Waals surface area contributed by atoms with E-state index < -0.39 is 0 Å². The highest BCUT2D eigenvalue weighted by molar-refractivity contribution is 5.59. The van der Waals surface area contributed by atoms with Gasteiger partial charge in [0.25, 0.3) is 0 Å². The number of halogens is 1. The van der Waals surface area contributed by atoms with E-state index in [1.54, 1.807) is 25.6 Å². The number of hydrogen-bond acceptors (Lipinski definition) is 3. The van der Waals surface area contributed by atoms with E-state index in [0.29, 0.717) is 11.4 Å². The summed E-state index contributed by atoms with van der Waals surface area (Å²) in [5.74, 6) is 0.307. The molecule has 0 fully saturated rings. The maximum atomic E-state index is 12.9. The van der Waals surface area contributed by atoms with E-state index in [1.165, 1.54) is 18.3 Å². The van der Waals surface area contributed by atoms with Crippen LogP contribution in [0.2, 0.25) is 0 Å². The van der Waals surface area contributed by atoms with Crippen LogP contribution in [-0.2, 0) is 0 Å². The van der Waals surface area contributed by atoms with Gasteiger partial charge in [-0.1, -0.05) is 0 Å². The number of ether oxygens (including phenoxy) is 1. The Morgan fingerprint density at radius 2 is 2.13 bits per heavy atom. The van der Waals surface area contributed by atoms with Gasteiger partial charge in [-0.05, 0) is 12.1 Å². The Kier molecular flexibility index (Phi) is 2.58. The summed E-state index contributed by atoms with van der Waals surface area (Å²) in [4.78, 5) is 8.02. The van der Waals surface area contributed by atoms with Gasteiger partial charge in [-0.3, -0.25) is 9.97 Å². The Morgan fingerprint density at radius 3 is 2.87 bits per heavy atom. The van der Waals surface area contributed by atoms with E-state index in [9.17, 15) is 4.39 Å². The fourth-order valence-electron chi connectivity index (χ4n) is 1.23. The average molecular weight is 204 g/mol. The first-order valence-corrected chi connectivity index (χ1v) is 4.40. The summed E-state index contributed by atoms with van der Waals surface area (Å²) in [6.07, 6.45) is 4.62. The maximum absolute atomic E-state index is 12.9. The zero-order valence-electron chi connectivity index (χ0n) is 8.14. The molecule has 3 nitrogen and oxygen atoms in total. The Morgan fingerprint density at radius 1 is 1.27 bits per heavy atom. The summed E-state index contributed by atoms with van der Waals surface area (Å²) in [6.45, 7) is 0. The van der Waals surface area contributed by atoms with E-state index in [2.05, 4.69) is 9.97 Å². The third kappa shape index (κ3) is 2.10. The SMILES string of the molecule is COc1cncc(-c2cc(F)ccn2)c1. The lowest BCUT2D eigenvalue weighted by Crippen LogP contribution is -1.88. The molecule has 0 aromatic carbocycles. The first-order chi connectivity index (χ1) is 7.29. The first-order valence-electron chi connectivity index (χ1n) is 4.40. The van der Waals surface area contributed by atoms with Crippen molar-refractivity contribution in [3.8, 4) is 17.0 Å². The number of hydrogen-bond donors (Lipinski definition) is 0. The predicted octanol–water partition coefficient (Wildman–Crippen LogP) is 2.29. The van der Waals surface area contributed by atoms with Gasteiger partial charge in [0.2, 0.25) is 0 Å². The Hall–Kier alpha value is -1.97. The topological polar surface area (TPSA) is 35.0 Å². The predicted molar refractivity (Wildman–Crippen MR) is 54.0 cm³/mol. The van der Waals surface area contributed by atoms with Gasteiger partial charge in [0.1, 0.15) is 11.6 Å². The molecule has 0 aliphatic heterocycles. The van der Waals surface area contributed by atoms with E-state index in [1.807, 2.05) is 0 Å². The lowest BCUT2D eigenvalue weighted by molar-refractivity contribution is 0.413. The molecule has 0 atom stereocenters. The zero-order valence-corrected chi connectivity index (χ0v) is 8.14. The molecule has 0 radical (unpaired) electrons. The van der Waals surface area contributed by atoms with Crippen LogP contribution in [0.5, 0.6) is 5.75 Å². The molecule has 4 heteroatoms. The van der Waals surface area contributed by atoms with E-state index in [-0.39, 0.29) is 5.82 Å². The van der Waals surface area contributed by atoms with Gasteiger partial charge in [0.15, 0.2) is 0 Å². The minimum atomic E-state index is -0.317. The molecule has 0 unspecified atom stereocenters. The summed E-state index contributed by atoms with van der Waals surface area (Å²) in [5, 5.41) is 0. The van der Waals surface area contributed by atoms with Crippen LogP contribution in [0.25, 0.3) is 11.3 Å². The number of nitrogens with zero attached hydrogens (tertiary/aromatic N) is 2. The highest BCUT2D eigenvalue weighted by Crippen LogP contribution is 2.20. The molecule has 0 saturated carbocycles. The van der Waals surface area contributed by atoms with Crippen molar-refractivity contribution in [1.29, 1.82) is 0 Å². The smallest absolute Gasteiger partial charge is 0.137 e. The van der Waals surface area contributed by atoms with Crippen LogP contribution in [0, 0.1) is 5.82 Å². The summed E-state index contributed by atoms with van der Waals surface area (Å²) in [7, 11) is 1.56. The standard InChI is InChI=1S/C11H9FN2O/c1-15-10-4-8(6-13-7-10)11-5-9(12)2-3-14-11/h2-7H,1H3. The van der Waals surface area contributed by atoms with Crippen LogP contribution in [0.3, 0.4) is 0 Å². The van der Waals surface area contributed by atoms with Crippen LogP contribution >= 0.6 is 0 Å². The third-order valence-electron chi connectivity index (χ3n) is 1.97. The molecule has 0 amide bonds. The molecule has 0 spiro atoms. The molecule has 0 saturated heterocycles. The molecule has 0 aliphatic carbocycles. The minimum Gasteiger partial charge on any atom is -0.495 e. The van der Waals surface area contributed by atoms with Crippen LogP contribution in [0.4, 0.5) is 4.39 Å².